The van der Waals surface area contributed by atoms with Gasteiger partial charge in [-0.15, -0.1) is 0 Å². The van der Waals surface area contributed by atoms with Crippen molar-refractivity contribution >= 4 is 32.8 Å². The van der Waals surface area contributed by atoms with E-state index in [1.165, 1.54) is 4.57 Å². The predicted octanol–water partition coefficient (Wildman–Crippen LogP) is 8.21. The monoisotopic (exact) mass is 545 g/mol. The van der Waals surface area contributed by atoms with Crippen LogP contribution in [0.15, 0.2) is 140 Å². The van der Waals surface area contributed by atoms with Crippen LogP contribution in [0.3, 0.4) is 0 Å². The summed E-state index contributed by atoms with van der Waals surface area (Å²) in [4.78, 5) is 5.06. The van der Waals surface area contributed by atoms with Gasteiger partial charge in [-0.05, 0) is 42.5 Å². The van der Waals surface area contributed by atoms with Gasteiger partial charge in [-0.1, -0.05) is 91.0 Å². The summed E-state index contributed by atoms with van der Waals surface area (Å²) in [5.41, 5.74) is 6.05. The zero-order valence-corrected chi connectivity index (χ0v) is 22.5. The number of imidazole rings is 1. The molecule has 0 fully saturated rings. The minimum Gasteiger partial charge on any atom is -0.458 e. The summed E-state index contributed by atoms with van der Waals surface area (Å²) in [5, 5.41) is 2.23. The van der Waals surface area contributed by atoms with Crippen LogP contribution in [0.2, 0.25) is 0 Å². The third kappa shape index (κ3) is 4.02. The molecule has 5 aromatic carbocycles. The molecule has 200 valence electrons. The van der Waals surface area contributed by atoms with Gasteiger partial charge in [-0.2, -0.15) is 0 Å². The third-order valence-electron chi connectivity index (χ3n) is 7.55. The molecule has 0 aliphatic heterocycles. The molecule has 0 unspecified atom stereocenters. The molecule has 0 aliphatic carbocycles. The van der Waals surface area contributed by atoms with E-state index in [0.29, 0.717) is 17.0 Å². The number of hydrogen-bond acceptors (Lipinski definition) is 2. The molecule has 0 saturated carbocycles. The van der Waals surface area contributed by atoms with E-state index in [0.717, 1.165) is 50.1 Å². The fourth-order valence-electron chi connectivity index (χ4n) is 5.65. The Morgan fingerprint density at radius 3 is 2.33 bits per heavy atom. The van der Waals surface area contributed by atoms with E-state index in [1.54, 1.807) is 10.6 Å². The molecule has 0 atom stereocenters. The number of ether oxygens (including phenoxy) is 1. The van der Waals surface area contributed by atoms with Crippen molar-refractivity contribution in [1.29, 1.82) is 0 Å². The topological polar surface area (TPSA) is 35.9 Å². The lowest BCUT2D eigenvalue weighted by molar-refractivity contribution is -0.649. The molecule has 0 aliphatic rings. The molecule has 5 nitrogen and oxygen atoms in total. The zero-order valence-electron chi connectivity index (χ0n) is 25.5. The number of rotatable bonds is 5. The van der Waals surface area contributed by atoms with Crippen molar-refractivity contribution in [2.24, 2.45) is 6.98 Å². The van der Waals surface area contributed by atoms with Crippen LogP contribution in [0.1, 0.15) is 4.11 Å². The first-order valence-electron chi connectivity index (χ1n) is 15.2. The maximum absolute atomic E-state index is 7.98. The van der Waals surface area contributed by atoms with Crippen LogP contribution in [0.4, 0.5) is 0 Å². The van der Waals surface area contributed by atoms with Gasteiger partial charge in [0.2, 0.25) is 6.33 Å². The lowest BCUT2D eigenvalue weighted by Gasteiger charge is -2.11. The number of para-hydroxylation sites is 3. The van der Waals surface area contributed by atoms with E-state index in [9.17, 15) is 0 Å². The van der Waals surface area contributed by atoms with E-state index < -0.39 is 6.98 Å². The van der Waals surface area contributed by atoms with Crippen LogP contribution in [0, 0.1) is 6.33 Å². The Morgan fingerprint density at radius 1 is 0.667 bits per heavy atom. The number of aryl methyl sites for hydroxylation is 1. The molecule has 0 N–H and O–H groups in total. The van der Waals surface area contributed by atoms with Crippen LogP contribution < -0.4 is 9.30 Å². The summed E-state index contributed by atoms with van der Waals surface area (Å²) >= 11 is 0. The summed E-state index contributed by atoms with van der Waals surface area (Å²) in [6, 6.07) is 45.6. The van der Waals surface area contributed by atoms with Gasteiger partial charge < -0.3 is 13.9 Å². The van der Waals surface area contributed by atoms with E-state index in [4.69, 9.17) is 13.8 Å². The SMILES string of the molecule is [2H]C([2H])([2H])[n+]1[c-]n(-c2cccc(Oc3ccc4c5ccccc5n(-c5cccc(-c6ccccc6)n5)c4c3)c2)c2ccccc21. The van der Waals surface area contributed by atoms with Crippen molar-refractivity contribution in [3.8, 4) is 34.3 Å². The largest absolute Gasteiger partial charge is 0.458 e. The summed E-state index contributed by atoms with van der Waals surface area (Å²) < 4.78 is 35.5. The maximum atomic E-state index is 7.98. The molecule has 3 aromatic heterocycles. The third-order valence-corrected chi connectivity index (χ3v) is 7.55. The number of hydrogen-bond donors (Lipinski definition) is 0. The summed E-state index contributed by atoms with van der Waals surface area (Å²) in [5.74, 6) is 2.10. The molecule has 3 heterocycles. The molecular formula is C37H26N4O. The van der Waals surface area contributed by atoms with Crippen LogP contribution in [0.25, 0.3) is 55.6 Å². The van der Waals surface area contributed by atoms with Gasteiger partial charge in [-0.25, -0.2) is 4.98 Å². The minimum absolute atomic E-state index is 0.576. The number of aromatic nitrogens is 4. The predicted molar refractivity (Wildman–Crippen MR) is 167 cm³/mol. The van der Waals surface area contributed by atoms with Gasteiger partial charge in [0.1, 0.15) is 17.3 Å². The lowest BCUT2D eigenvalue weighted by Crippen LogP contribution is -2.26. The van der Waals surface area contributed by atoms with Gasteiger partial charge in [-0.3, -0.25) is 4.57 Å². The van der Waals surface area contributed by atoms with E-state index in [-0.39, 0.29) is 0 Å². The van der Waals surface area contributed by atoms with Gasteiger partial charge >= 0.3 is 0 Å². The summed E-state index contributed by atoms with van der Waals surface area (Å²) in [6.45, 7) is -2.36. The Labute approximate surface area is 247 Å². The molecule has 0 amide bonds. The van der Waals surface area contributed by atoms with E-state index in [2.05, 4.69) is 41.2 Å². The fourth-order valence-corrected chi connectivity index (χ4v) is 5.65. The smallest absolute Gasteiger partial charge is 0.244 e. The maximum Gasteiger partial charge on any atom is 0.244 e. The first-order chi connectivity index (χ1) is 21.9. The number of fused-ring (bicyclic) bond motifs is 4. The highest BCUT2D eigenvalue weighted by atomic mass is 16.5. The minimum atomic E-state index is -2.36. The van der Waals surface area contributed by atoms with Crippen molar-refractivity contribution in [3.05, 3.63) is 146 Å². The average Bonchev–Trinajstić information content (AvgIpc) is 3.62. The molecule has 5 heteroatoms. The molecule has 8 aromatic rings. The molecule has 42 heavy (non-hydrogen) atoms. The highest BCUT2D eigenvalue weighted by molar-refractivity contribution is 6.09. The standard InChI is InChI=1S/C37H26N4O/c1-39-25-40(35-19-8-7-18-34(35)39)27-13-9-14-28(23-27)42-29-21-22-31-30-15-5-6-17-33(30)41(36(31)24-29)37-20-10-16-32(38-37)26-11-3-2-4-12-26/h2-24H,1H3/i1D3. The highest BCUT2D eigenvalue weighted by Crippen LogP contribution is 2.35. The van der Waals surface area contributed by atoms with Crippen molar-refractivity contribution < 1.29 is 13.4 Å². The normalized spacial score (nSPS) is 12.8. The van der Waals surface area contributed by atoms with Crippen molar-refractivity contribution in [2.45, 2.75) is 0 Å². The number of pyridine rings is 1. The molecule has 0 spiro atoms. The second kappa shape index (κ2) is 9.75. The number of benzene rings is 5. The van der Waals surface area contributed by atoms with Crippen molar-refractivity contribution in [2.75, 3.05) is 0 Å². The van der Waals surface area contributed by atoms with E-state index in [1.807, 2.05) is 103 Å². The van der Waals surface area contributed by atoms with Gasteiger partial charge in [0.15, 0.2) is 0 Å². The summed E-state index contributed by atoms with van der Waals surface area (Å²) in [7, 11) is 0. The lowest BCUT2D eigenvalue weighted by atomic mass is 10.1. The van der Waals surface area contributed by atoms with Crippen LogP contribution in [0.5, 0.6) is 11.5 Å². The van der Waals surface area contributed by atoms with Gasteiger partial charge in [0.25, 0.3) is 0 Å². The number of nitrogens with zero attached hydrogens (tertiary/aromatic N) is 4. The summed E-state index contributed by atoms with van der Waals surface area (Å²) in [6.07, 6.45) is 3.02. The Kier molecular flexibility index (Phi) is 4.90. The Balaban J connectivity index is 1.22. The van der Waals surface area contributed by atoms with Crippen LogP contribution in [-0.4, -0.2) is 14.1 Å². The molecular weight excluding hydrogens is 516 g/mol. The fraction of sp³-hybridized carbons (Fsp3) is 0.0270. The quantitative estimate of drug-likeness (QED) is 0.161. The second-order valence-electron chi connectivity index (χ2n) is 10.1. The molecule has 0 bridgehead atoms. The first-order valence-corrected chi connectivity index (χ1v) is 13.7. The zero-order chi connectivity index (χ0) is 30.5. The molecule has 8 rings (SSSR count). The first kappa shape index (κ1) is 21.1. The Morgan fingerprint density at radius 2 is 1.43 bits per heavy atom. The second-order valence-corrected chi connectivity index (χ2v) is 10.1. The van der Waals surface area contributed by atoms with Crippen LogP contribution >= 0.6 is 0 Å². The van der Waals surface area contributed by atoms with Gasteiger partial charge in [0, 0.05) is 22.4 Å². The molecule has 0 saturated heterocycles. The Bertz CT molecular complexity index is 2360. The highest BCUT2D eigenvalue weighted by Gasteiger charge is 2.15. The van der Waals surface area contributed by atoms with Crippen molar-refractivity contribution in [3.63, 3.8) is 0 Å². The van der Waals surface area contributed by atoms with Crippen LogP contribution in [-0.2, 0) is 6.98 Å². The molecule has 0 radical (unpaired) electrons. The van der Waals surface area contributed by atoms with Crippen molar-refractivity contribution in [1.82, 2.24) is 14.1 Å². The Hall–Kier alpha value is -5.68. The van der Waals surface area contributed by atoms with E-state index >= 15 is 0 Å². The average molecular weight is 546 g/mol. The van der Waals surface area contributed by atoms with Gasteiger partial charge in [0.05, 0.1) is 44.5 Å².